The summed E-state index contributed by atoms with van der Waals surface area (Å²) in [4.78, 5) is 6.70. The number of rotatable bonds is 8. The van der Waals surface area contributed by atoms with E-state index in [1.807, 2.05) is 36.4 Å². The zero-order chi connectivity index (χ0) is 19.1. The topological polar surface area (TPSA) is 54.8 Å². The van der Waals surface area contributed by atoms with Crippen LogP contribution in [-0.2, 0) is 19.7 Å². The molecular formula is C22H24N2O3. The molecule has 0 aliphatic carbocycles. The molecule has 0 bridgehead atoms. The molecule has 5 heteroatoms. The average Bonchev–Trinajstić information content (AvgIpc) is 2.74. The van der Waals surface area contributed by atoms with Gasteiger partial charge in [0.2, 0.25) is 0 Å². The van der Waals surface area contributed by atoms with Gasteiger partial charge in [0, 0.05) is 19.3 Å². The van der Waals surface area contributed by atoms with E-state index in [0.717, 1.165) is 34.0 Å². The summed E-state index contributed by atoms with van der Waals surface area (Å²) in [5, 5.41) is 9.46. The number of aliphatic hydroxyl groups is 1. The largest absolute Gasteiger partial charge is 0.497 e. The molecule has 0 saturated heterocycles. The number of hydrogen-bond acceptors (Lipinski definition) is 5. The molecule has 0 spiro atoms. The highest BCUT2D eigenvalue weighted by atomic mass is 16.5. The first-order valence-electron chi connectivity index (χ1n) is 8.78. The molecule has 3 rings (SSSR count). The lowest BCUT2D eigenvalue weighted by Crippen LogP contribution is -2.23. The summed E-state index contributed by atoms with van der Waals surface area (Å²) in [7, 11) is 3.32. The van der Waals surface area contributed by atoms with Crippen LogP contribution in [-0.4, -0.2) is 24.3 Å². The number of aromatic nitrogens is 1. The molecule has 0 unspecified atom stereocenters. The van der Waals surface area contributed by atoms with Crippen molar-refractivity contribution in [2.24, 2.45) is 0 Å². The Balaban J connectivity index is 1.86. The zero-order valence-electron chi connectivity index (χ0n) is 15.6. The number of hydrogen-bond donors (Lipinski definition) is 1. The number of benzene rings is 2. The Morgan fingerprint density at radius 1 is 0.778 bits per heavy atom. The van der Waals surface area contributed by atoms with Gasteiger partial charge in [-0.05, 0) is 53.1 Å². The van der Waals surface area contributed by atoms with E-state index in [2.05, 4.69) is 34.1 Å². The minimum atomic E-state index is -0.00552. The molecule has 3 aromatic rings. The fourth-order valence-electron chi connectivity index (χ4n) is 2.85. The van der Waals surface area contributed by atoms with Gasteiger partial charge in [-0.2, -0.15) is 0 Å². The van der Waals surface area contributed by atoms with E-state index >= 15 is 0 Å². The third-order valence-corrected chi connectivity index (χ3v) is 4.38. The van der Waals surface area contributed by atoms with E-state index in [0.29, 0.717) is 13.1 Å². The molecule has 0 atom stereocenters. The number of anilines is 1. The van der Waals surface area contributed by atoms with Crippen LogP contribution in [0.5, 0.6) is 11.5 Å². The van der Waals surface area contributed by atoms with Gasteiger partial charge < -0.3 is 19.5 Å². The van der Waals surface area contributed by atoms with Crippen molar-refractivity contribution in [3.05, 3.63) is 83.6 Å². The second kappa shape index (κ2) is 9.05. The van der Waals surface area contributed by atoms with Gasteiger partial charge in [0.1, 0.15) is 17.3 Å². The molecule has 0 amide bonds. The maximum Gasteiger partial charge on any atom is 0.129 e. The molecular weight excluding hydrogens is 340 g/mol. The Bertz CT molecular complexity index is 799. The summed E-state index contributed by atoms with van der Waals surface area (Å²) in [5.41, 5.74) is 3.15. The Morgan fingerprint density at radius 2 is 1.30 bits per heavy atom. The van der Waals surface area contributed by atoms with Crippen molar-refractivity contribution in [3.63, 3.8) is 0 Å². The standard InChI is InChI=1S/C22H24N2O3/c1-26-20-7-3-17(4-8-20)14-24(22-13-19(16-25)11-12-23-22)15-18-5-9-21(27-2)10-6-18/h3-13,25H,14-16H2,1-2H3. The maximum atomic E-state index is 9.46. The summed E-state index contributed by atoms with van der Waals surface area (Å²) in [6.07, 6.45) is 1.73. The molecule has 27 heavy (non-hydrogen) atoms. The first kappa shape index (κ1) is 18.7. The van der Waals surface area contributed by atoms with Gasteiger partial charge in [-0.3, -0.25) is 0 Å². The van der Waals surface area contributed by atoms with Crippen LogP contribution in [0.15, 0.2) is 66.9 Å². The smallest absolute Gasteiger partial charge is 0.129 e. The monoisotopic (exact) mass is 364 g/mol. The van der Waals surface area contributed by atoms with Crippen LogP contribution in [0.4, 0.5) is 5.82 Å². The first-order valence-corrected chi connectivity index (χ1v) is 8.78. The summed E-state index contributed by atoms with van der Waals surface area (Å²) < 4.78 is 10.5. The fraction of sp³-hybridized carbons (Fsp3) is 0.227. The highest BCUT2D eigenvalue weighted by Gasteiger charge is 2.11. The van der Waals surface area contributed by atoms with Crippen LogP contribution >= 0.6 is 0 Å². The molecule has 0 saturated carbocycles. The lowest BCUT2D eigenvalue weighted by atomic mass is 10.1. The summed E-state index contributed by atoms with van der Waals surface area (Å²) in [5.74, 6) is 2.50. The van der Waals surface area contributed by atoms with E-state index in [1.54, 1.807) is 20.4 Å². The molecule has 1 aromatic heterocycles. The fourth-order valence-corrected chi connectivity index (χ4v) is 2.85. The third kappa shape index (κ3) is 4.99. The van der Waals surface area contributed by atoms with Gasteiger partial charge in [0.25, 0.3) is 0 Å². The number of ether oxygens (including phenoxy) is 2. The molecule has 1 N–H and O–H groups in total. The second-order valence-corrected chi connectivity index (χ2v) is 6.23. The van der Waals surface area contributed by atoms with Crippen molar-refractivity contribution in [2.75, 3.05) is 19.1 Å². The van der Waals surface area contributed by atoms with E-state index < -0.39 is 0 Å². The Hall–Kier alpha value is -3.05. The van der Waals surface area contributed by atoms with Gasteiger partial charge >= 0.3 is 0 Å². The Labute approximate surface area is 159 Å². The number of pyridine rings is 1. The quantitative estimate of drug-likeness (QED) is 0.659. The van der Waals surface area contributed by atoms with Crippen LogP contribution in [0, 0.1) is 0 Å². The summed E-state index contributed by atoms with van der Waals surface area (Å²) >= 11 is 0. The molecule has 0 aliphatic rings. The summed E-state index contributed by atoms with van der Waals surface area (Å²) in [6.45, 7) is 1.38. The zero-order valence-corrected chi connectivity index (χ0v) is 15.6. The van der Waals surface area contributed by atoms with Gasteiger partial charge in [0.05, 0.1) is 20.8 Å². The molecule has 0 radical (unpaired) electrons. The molecule has 0 aliphatic heterocycles. The summed E-state index contributed by atoms with van der Waals surface area (Å²) in [6, 6.07) is 19.8. The average molecular weight is 364 g/mol. The predicted octanol–water partition coefficient (Wildman–Crippen LogP) is 3.80. The number of aliphatic hydroxyl groups excluding tert-OH is 1. The molecule has 1 heterocycles. The minimum absolute atomic E-state index is 0.00552. The Morgan fingerprint density at radius 3 is 1.74 bits per heavy atom. The normalized spacial score (nSPS) is 10.5. The van der Waals surface area contributed by atoms with E-state index in [-0.39, 0.29) is 6.61 Å². The highest BCUT2D eigenvalue weighted by molar-refractivity contribution is 5.44. The van der Waals surface area contributed by atoms with Gasteiger partial charge in [0.15, 0.2) is 0 Å². The van der Waals surface area contributed by atoms with Crippen molar-refractivity contribution in [2.45, 2.75) is 19.7 Å². The van der Waals surface area contributed by atoms with Gasteiger partial charge in [-0.25, -0.2) is 4.98 Å². The van der Waals surface area contributed by atoms with Crippen molar-refractivity contribution >= 4 is 5.82 Å². The maximum absolute atomic E-state index is 9.46. The molecule has 2 aromatic carbocycles. The van der Waals surface area contributed by atoms with Crippen LogP contribution in [0.1, 0.15) is 16.7 Å². The first-order chi connectivity index (χ1) is 13.2. The second-order valence-electron chi connectivity index (χ2n) is 6.23. The van der Waals surface area contributed by atoms with E-state index in [9.17, 15) is 5.11 Å². The molecule has 140 valence electrons. The predicted molar refractivity (Wildman–Crippen MR) is 106 cm³/mol. The van der Waals surface area contributed by atoms with E-state index in [1.165, 1.54) is 0 Å². The minimum Gasteiger partial charge on any atom is -0.497 e. The van der Waals surface area contributed by atoms with Crippen LogP contribution in [0.25, 0.3) is 0 Å². The van der Waals surface area contributed by atoms with Gasteiger partial charge in [-0.15, -0.1) is 0 Å². The molecule has 0 fully saturated rings. The van der Waals surface area contributed by atoms with Crippen molar-refractivity contribution in [3.8, 4) is 11.5 Å². The lowest BCUT2D eigenvalue weighted by molar-refractivity contribution is 0.281. The molecule has 5 nitrogen and oxygen atoms in total. The van der Waals surface area contributed by atoms with Crippen molar-refractivity contribution in [1.29, 1.82) is 0 Å². The lowest BCUT2D eigenvalue weighted by Gasteiger charge is -2.24. The SMILES string of the molecule is COc1ccc(CN(Cc2ccc(OC)cc2)c2cc(CO)ccn2)cc1. The van der Waals surface area contributed by atoms with Crippen LogP contribution in [0.2, 0.25) is 0 Å². The number of methoxy groups -OCH3 is 2. The van der Waals surface area contributed by atoms with Crippen LogP contribution in [0.3, 0.4) is 0 Å². The van der Waals surface area contributed by atoms with Crippen molar-refractivity contribution in [1.82, 2.24) is 4.98 Å². The highest BCUT2D eigenvalue weighted by Crippen LogP contribution is 2.22. The third-order valence-electron chi connectivity index (χ3n) is 4.38. The van der Waals surface area contributed by atoms with Crippen LogP contribution < -0.4 is 14.4 Å². The van der Waals surface area contributed by atoms with E-state index in [4.69, 9.17) is 9.47 Å². The Kier molecular flexibility index (Phi) is 6.28. The van der Waals surface area contributed by atoms with Gasteiger partial charge in [-0.1, -0.05) is 24.3 Å². The van der Waals surface area contributed by atoms with Crippen molar-refractivity contribution < 1.29 is 14.6 Å². The number of nitrogens with zero attached hydrogens (tertiary/aromatic N) is 2.